The van der Waals surface area contributed by atoms with Gasteiger partial charge in [0.2, 0.25) is 10.0 Å². The molecule has 0 saturated heterocycles. The summed E-state index contributed by atoms with van der Waals surface area (Å²) < 4.78 is 31.4. The first-order valence-electron chi connectivity index (χ1n) is 5.85. The van der Waals surface area contributed by atoms with E-state index in [1.54, 1.807) is 36.4 Å². The van der Waals surface area contributed by atoms with Gasteiger partial charge >= 0.3 is 0 Å². The normalized spacial score (nSPS) is 11.4. The SMILES string of the molecule is NC(=S)c1ccc(CS(=O)(=O)NCc2ccco2)cc1. The van der Waals surface area contributed by atoms with Crippen LogP contribution in [0, 0.1) is 0 Å². The van der Waals surface area contributed by atoms with Crippen molar-refractivity contribution in [3.8, 4) is 0 Å². The maximum absolute atomic E-state index is 11.9. The third kappa shape index (κ3) is 4.16. The Morgan fingerprint density at radius 3 is 2.50 bits per heavy atom. The Kier molecular flexibility index (Phi) is 4.53. The summed E-state index contributed by atoms with van der Waals surface area (Å²) in [4.78, 5) is 0.287. The largest absolute Gasteiger partial charge is 0.468 e. The van der Waals surface area contributed by atoms with Crippen LogP contribution in [0.15, 0.2) is 47.1 Å². The number of furan rings is 1. The lowest BCUT2D eigenvalue weighted by Gasteiger charge is -2.06. The minimum atomic E-state index is -3.42. The molecule has 0 aliphatic rings. The molecule has 0 bridgehead atoms. The van der Waals surface area contributed by atoms with E-state index in [4.69, 9.17) is 22.4 Å². The van der Waals surface area contributed by atoms with Gasteiger partial charge < -0.3 is 10.2 Å². The van der Waals surface area contributed by atoms with Crippen molar-refractivity contribution in [3.05, 3.63) is 59.5 Å². The van der Waals surface area contributed by atoms with Crippen molar-refractivity contribution >= 4 is 27.2 Å². The number of sulfonamides is 1. The summed E-state index contributed by atoms with van der Waals surface area (Å²) >= 11 is 4.84. The number of hydrogen-bond acceptors (Lipinski definition) is 4. The van der Waals surface area contributed by atoms with Gasteiger partial charge in [0.05, 0.1) is 18.6 Å². The van der Waals surface area contributed by atoms with E-state index in [1.165, 1.54) is 6.26 Å². The highest BCUT2D eigenvalue weighted by atomic mass is 32.2. The van der Waals surface area contributed by atoms with Crippen LogP contribution in [0.3, 0.4) is 0 Å². The molecule has 0 aliphatic heterocycles. The zero-order valence-electron chi connectivity index (χ0n) is 10.6. The summed E-state index contributed by atoms with van der Waals surface area (Å²) in [6, 6.07) is 10.2. The van der Waals surface area contributed by atoms with Gasteiger partial charge in [0.25, 0.3) is 0 Å². The van der Waals surface area contributed by atoms with Gasteiger partial charge in [-0.05, 0) is 17.7 Å². The Hall–Kier alpha value is -1.70. The van der Waals surface area contributed by atoms with E-state index in [0.29, 0.717) is 16.9 Å². The molecular weight excluding hydrogens is 296 g/mol. The molecule has 1 heterocycles. The molecule has 5 nitrogen and oxygen atoms in total. The molecule has 0 fully saturated rings. The molecule has 2 aromatic rings. The first kappa shape index (κ1) is 14.7. The lowest BCUT2D eigenvalue weighted by molar-refractivity contribution is 0.498. The van der Waals surface area contributed by atoms with Crippen molar-refractivity contribution in [2.45, 2.75) is 12.3 Å². The molecule has 0 unspecified atom stereocenters. The standard InChI is InChI=1S/C13H14N2O3S2/c14-13(19)11-5-3-10(4-6-11)9-20(16,17)15-8-12-2-1-7-18-12/h1-7,15H,8-9H2,(H2,14,19). The summed E-state index contributed by atoms with van der Waals surface area (Å²) in [7, 11) is -3.42. The highest BCUT2D eigenvalue weighted by Gasteiger charge is 2.12. The van der Waals surface area contributed by atoms with Crippen LogP contribution in [0.2, 0.25) is 0 Å². The van der Waals surface area contributed by atoms with E-state index in [2.05, 4.69) is 4.72 Å². The molecular formula is C13H14N2O3S2. The maximum atomic E-state index is 11.9. The van der Waals surface area contributed by atoms with Crippen molar-refractivity contribution in [3.63, 3.8) is 0 Å². The smallest absolute Gasteiger partial charge is 0.216 e. The van der Waals surface area contributed by atoms with Crippen molar-refractivity contribution < 1.29 is 12.8 Å². The molecule has 106 valence electrons. The van der Waals surface area contributed by atoms with Crippen LogP contribution < -0.4 is 10.5 Å². The van der Waals surface area contributed by atoms with E-state index in [0.717, 1.165) is 0 Å². The highest BCUT2D eigenvalue weighted by Crippen LogP contribution is 2.09. The Balaban J connectivity index is 1.98. The van der Waals surface area contributed by atoms with Gasteiger partial charge in [-0.3, -0.25) is 0 Å². The van der Waals surface area contributed by atoms with Gasteiger partial charge in [-0.15, -0.1) is 0 Å². The Labute approximate surface area is 122 Å². The molecule has 3 N–H and O–H groups in total. The van der Waals surface area contributed by atoms with Gasteiger partial charge in [0.15, 0.2) is 0 Å². The van der Waals surface area contributed by atoms with Crippen LogP contribution >= 0.6 is 12.2 Å². The summed E-state index contributed by atoms with van der Waals surface area (Å²) in [5, 5.41) is 0. The fourth-order valence-corrected chi connectivity index (χ4v) is 2.86. The van der Waals surface area contributed by atoms with Gasteiger partial charge in [0.1, 0.15) is 10.7 Å². The van der Waals surface area contributed by atoms with E-state index in [9.17, 15) is 8.42 Å². The highest BCUT2D eigenvalue weighted by molar-refractivity contribution is 7.88. The van der Waals surface area contributed by atoms with Gasteiger partial charge in [-0.25, -0.2) is 13.1 Å². The van der Waals surface area contributed by atoms with Gasteiger partial charge in [0, 0.05) is 5.56 Å². The maximum Gasteiger partial charge on any atom is 0.216 e. The number of benzene rings is 1. The fraction of sp³-hybridized carbons (Fsp3) is 0.154. The Bertz CT molecular complexity index is 677. The average Bonchev–Trinajstić information content (AvgIpc) is 2.90. The van der Waals surface area contributed by atoms with Crippen molar-refractivity contribution in [2.24, 2.45) is 5.73 Å². The summed E-state index contributed by atoms with van der Waals surface area (Å²) in [5.41, 5.74) is 6.86. The monoisotopic (exact) mass is 310 g/mol. The van der Waals surface area contributed by atoms with E-state index >= 15 is 0 Å². The Morgan fingerprint density at radius 2 is 1.95 bits per heavy atom. The van der Waals surface area contributed by atoms with Crippen molar-refractivity contribution in [2.75, 3.05) is 0 Å². The summed E-state index contributed by atoms with van der Waals surface area (Å²) in [6.07, 6.45) is 1.50. The number of rotatable bonds is 6. The molecule has 1 aromatic heterocycles. The van der Waals surface area contributed by atoms with Crippen LogP contribution in [0.5, 0.6) is 0 Å². The molecule has 7 heteroatoms. The molecule has 1 aromatic carbocycles. The lowest BCUT2D eigenvalue weighted by atomic mass is 10.1. The number of nitrogens with one attached hydrogen (secondary N) is 1. The van der Waals surface area contributed by atoms with Crippen LogP contribution in [-0.4, -0.2) is 13.4 Å². The van der Waals surface area contributed by atoms with Crippen LogP contribution in [-0.2, 0) is 22.3 Å². The van der Waals surface area contributed by atoms with Crippen molar-refractivity contribution in [1.29, 1.82) is 0 Å². The molecule has 0 radical (unpaired) electrons. The second kappa shape index (κ2) is 6.17. The zero-order chi connectivity index (χ0) is 14.6. The Morgan fingerprint density at radius 1 is 1.25 bits per heavy atom. The third-order valence-corrected chi connectivity index (χ3v) is 4.17. The fourth-order valence-electron chi connectivity index (χ4n) is 1.63. The van der Waals surface area contributed by atoms with Crippen LogP contribution in [0.4, 0.5) is 0 Å². The quantitative estimate of drug-likeness (QED) is 0.790. The predicted octanol–water partition coefficient (Wildman–Crippen LogP) is 1.53. The molecule has 0 spiro atoms. The summed E-state index contributed by atoms with van der Waals surface area (Å²) in [6.45, 7) is 0.139. The van der Waals surface area contributed by atoms with E-state index < -0.39 is 10.0 Å². The van der Waals surface area contributed by atoms with E-state index in [-0.39, 0.29) is 17.3 Å². The van der Waals surface area contributed by atoms with Crippen LogP contribution in [0.1, 0.15) is 16.9 Å². The molecule has 0 saturated carbocycles. The number of thiocarbonyl (C=S) groups is 1. The molecule has 0 aliphatic carbocycles. The van der Waals surface area contributed by atoms with Crippen LogP contribution in [0.25, 0.3) is 0 Å². The van der Waals surface area contributed by atoms with Gasteiger partial charge in [-0.1, -0.05) is 36.5 Å². The molecule has 0 atom stereocenters. The zero-order valence-corrected chi connectivity index (χ0v) is 12.2. The molecule has 20 heavy (non-hydrogen) atoms. The predicted molar refractivity (Wildman–Crippen MR) is 80.5 cm³/mol. The average molecular weight is 310 g/mol. The van der Waals surface area contributed by atoms with Crippen molar-refractivity contribution in [1.82, 2.24) is 4.72 Å². The minimum absolute atomic E-state index is 0.106. The first-order chi connectivity index (χ1) is 9.46. The second-order valence-electron chi connectivity index (χ2n) is 4.22. The number of hydrogen-bond donors (Lipinski definition) is 2. The third-order valence-electron chi connectivity index (χ3n) is 2.64. The lowest BCUT2D eigenvalue weighted by Crippen LogP contribution is -2.24. The van der Waals surface area contributed by atoms with E-state index in [1.807, 2.05) is 0 Å². The summed E-state index contributed by atoms with van der Waals surface area (Å²) in [5.74, 6) is 0.461. The topological polar surface area (TPSA) is 85.3 Å². The minimum Gasteiger partial charge on any atom is -0.468 e. The van der Waals surface area contributed by atoms with Gasteiger partial charge in [-0.2, -0.15) is 0 Å². The molecule has 2 rings (SSSR count). The molecule has 0 amide bonds. The number of nitrogens with two attached hydrogens (primary N) is 1. The second-order valence-corrected chi connectivity index (χ2v) is 6.47. The first-order valence-corrected chi connectivity index (χ1v) is 7.91.